The number of amides is 1. The Kier molecular flexibility index (Phi) is 5.89. The molecule has 1 amide bonds. The Morgan fingerprint density at radius 3 is 2.68 bits per heavy atom. The average Bonchev–Trinajstić information content (AvgIpc) is 2.61. The first-order chi connectivity index (χ1) is 11.9. The van der Waals surface area contributed by atoms with Crippen molar-refractivity contribution in [2.45, 2.75) is 0 Å². The van der Waals surface area contributed by atoms with Gasteiger partial charge in [-0.25, -0.2) is 4.39 Å². The van der Waals surface area contributed by atoms with Crippen LogP contribution in [0.15, 0.2) is 42.5 Å². The third kappa shape index (κ3) is 4.43. The topological polar surface area (TPSA) is 84.7 Å². The summed E-state index contributed by atoms with van der Waals surface area (Å²) < 4.78 is 18.8. The Bertz CT molecular complexity index is 782. The van der Waals surface area contributed by atoms with Crippen LogP contribution in [0.2, 0.25) is 0 Å². The second-order valence-corrected chi connectivity index (χ2v) is 5.24. The van der Waals surface area contributed by atoms with Crippen molar-refractivity contribution in [1.82, 2.24) is 4.90 Å². The van der Waals surface area contributed by atoms with Crippen molar-refractivity contribution in [3.63, 3.8) is 0 Å². The monoisotopic (exact) mass is 347 g/mol. The number of nitro benzene ring substituents is 1. The van der Waals surface area contributed by atoms with Crippen LogP contribution < -0.4 is 10.1 Å². The molecule has 0 saturated heterocycles. The minimum absolute atomic E-state index is 0.0903. The number of hydrogen-bond acceptors (Lipinski definition) is 5. The van der Waals surface area contributed by atoms with Gasteiger partial charge in [-0.15, -0.1) is 0 Å². The molecule has 132 valence electrons. The summed E-state index contributed by atoms with van der Waals surface area (Å²) in [5, 5.41) is 13.7. The van der Waals surface area contributed by atoms with Crippen LogP contribution in [0, 0.1) is 15.9 Å². The Balaban J connectivity index is 2.05. The van der Waals surface area contributed by atoms with Crippen LogP contribution in [-0.4, -0.2) is 43.0 Å². The van der Waals surface area contributed by atoms with Gasteiger partial charge in [-0.2, -0.15) is 0 Å². The summed E-state index contributed by atoms with van der Waals surface area (Å²) in [4.78, 5) is 24.3. The van der Waals surface area contributed by atoms with Gasteiger partial charge in [0, 0.05) is 31.9 Å². The predicted octanol–water partition coefficient (Wildman–Crippen LogP) is 2.93. The van der Waals surface area contributed by atoms with E-state index < -0.39 is 16.6 Å². The van der Waals surface area contributed by atoms with E-state index in [4.69, 9.17) is 4.74 Å². The van der Waals surface area contributed by atoms with Crippen LogP contribution in [0.4, 0.5) is 15.8 Å². The van der Waals surface area contributed by atoms with Gasteiger partial charge in [-0.3, -0.25) is 14.9 Å². The average molecular weight is 347 g/mol. The molecule has 0 aromatic heterocycles. The van der Waals surface area contributed by atoms with E-state index in [1.54, 1.807) is 26.2 Å². The molecule has 0 fully saturated rings. The molecule has 8 heteroatoms. The maximum atomic E-state index is 13.5. The molecule has 0 bridgehead atoms. The summed E-state index contributed by atoms with van der Waals surface area (Å²) >= 11 is 0. The molecule has 0 aliphatic carbocycles. The van der Waals surface area contributed by atoms with Crippen LogP contribution in [0.25, 0.3) is 0 Å². The molecule has 0 unspecified atom stereocenters. The number of para-hydroxylation sites is 1. The predicted molar refractivity (Wildman–Crippen MR) is 91.5 cm³/mol. The lowest BCUT2D eigenvalue weighted by Crippen LogP contribution is -2.31. The maximum absolute atomic E-state index is 13.5. The van der Waals surface area contributed by atoms with E-state index in [0.717, 1.165) is 0 Å². The van der Waals surface area contributed by atoms with Crippen LogP contribution in [-0.2, 0) is 0 Å². The Labute approximate surface area is 144 Å². The highest BCUT2D eigenvalue weighted by Crippen LogP contribution is 2.23. The van der Waals surface area contributed by atoms with Crippen LogP contribution in [0.1, 0.15) is 10.4 Å². The van der Waals surface area contributed by atoms with Gasteiger partial charge in [0.25, 0.3) is 11.6 Å². The Hall–Kier alpha value is -3.16. The molecular weight excluding hydrogens is 329 g/mol. The molecule has 0 radical (unpaired) electrons. The summed E-state index contributed by atoms with van der Waals surface area (Å²) in [5.41, 5.74) is 0.501. The molecule has 0 saturated carbocycles. The van der Waals surface area contributed by atoms with Gasteiger partial charge in [0.15, 0.2) is 11.6 Å². The van der Waals surface area contributed by atoms with E-state index in [1.165, 1.54) is 35.2 Å². The summed E-state index contributed by atoms with van der Waals surface area (Å²) in [7, 11) is 3.17. The summed E-state index contributed by atoms with van der Waals surface area (Å²) in [6, 6.07) is 10.0. The Morgan fingerprint density at radius 1 is 1.32 bits per heavy atom. The lowest BCUT2D eigenvalue weighted by molar-refractivity contribution is -0.384. The number of anilines is 1. The first kappa shape index (κ1) is 18.2. The zero-order valence-electron chi connectivity index (χ0n) is 13.9. The van der Waals surface area contributed by atoms with Gasteiger partial charge < -0.3 is 15.0 Å². The fraction of sp³-hybridized carbons (Fsp3) is 0.235. The normalized spacial score (nSPS) is 10.2. The first-order valence-corrected chi connectivity index (χ1v) is 7.53. The van der Waals surface area contributed by atoms with E-state index in [0.29, 0.717) is 5.69 Å². The molecule has 25 heavy (non-hydrogen) atoms. The van der Waals surface area contributed by atoms with Crippen molar-refractivity contribution in [1.29, 1.82) is 0 Å². The van der Waals surface area contributed by atoms with E-state index in [2.05, 4.69) is 5.32 Å². The number of nitrogens with zero attached hydrogens (tertiary/aromatic N) is 2. The molecule has 2 rings (SSSR count). The number of nitro groups is 1. The number of ether oxygens (including phenoxy) is 1. The lowest BCUT2D eigenvalue weighted by Gasteiger charge is -2.19. The van der Waals surface area contributed by atoms with Crippen molar-refractivity contribution in [3.8, 4) is 5.75 Å². The molecule has 0 spiro atoms. The van der Waals surface area contributed by atoms with Gasteiger partial charge in [0.2, 0.25) is 0 Å². The quantitative estimate of drug-likeness (QED) is 0.615. The molecule has 2 aromatic rings. The van der Waals surface area contributed by atoms with Gasteiger partial charge >= 0.3 is 0 Å². The summed E-state index contributed by atoms with van der Waals surface area (Å²) in [6.45, 7) is 0.284. The molecule has 2 aromatic carbocycles. The van der Waals surface area contributed by atoms with Gasteiger partial charge in [0.1, 0.15) is 6.61 Å². The van der Waals surface area contributed by atoms with E-state index >= 15 is 0 Å². The van der Waals surface area contributed by atoms with Gasteiger partial charge in [-0.1, -0.05) is 12.1 Å². The zero-order chi connectivity index (χ0) is 18.4. The molecule has 0 aliphatic heterocycles. The second-order valence-electron chi connectivity index (χ2n) is 5.24. The lowest BCUT2D eigenvalue weighted by atomic mass is 10.1. The summed E-state index contributed by atoms with van der Waals surface area (Å²) in [5.74, 6) is -0.771. The highest BCUT2D eigenvalue weighted by Gasteiger charge is 2.19. The molecule has 0 aliphatic rings. The number of nitrogens with one attached hydrogen (secondary N) is 1. The van der Waals surface area contributed by atoms with E-state index in [1.807, 2.05) is 0 Å². The van der Waals surface area contributed by atoms with E-state index in [-0.39, 0.29) is 30.2 Å². The second kappa shape index (κ2) is 8.09. The number of halogens is 1. The SMILES string of the molecule is CNc1ccc([N+](=O)[O-])cc1C(=O)N(C)CCOc1ccccc1F. The van der Waals surface area contributed by atoms with Crippen molar-refractivity contribution in [2.75, 3.05) is 32.6 Å². The highest BCUT2D eigenvalue weighted by atomic mass is 19.1. The van der Waals surface area contributed by atoms with Crippen LogP contribution in [0.3, 0.4) is 0 Å². The van der Waals surface area contributed by atoms with Crippen molar-refractivity contribution in [2.24, 2.45) is 0 Å². The Morgan fingerprint density at radius 2 is 2.04 bits per heavy atom. The highest BCUT2D eigenvalue weighted by molar-refractivity contribution is 6.00. The minimum Gasteiger partial charge on any atom is -0.489 e. The number of hydrogen-bond donors (Lipinski definition) is 1. The molecular formula is C17H18FN3O4. The fourth-order valence-electron chi connectivity index (χ4n) is 2.20. The zero-order valence-corrected chi connectivity index (χ0v) is 13.9. The third-order valence-electron chi connectivity index (χ3n) is 3.58. The largest absolute Gasteiger partial charge is 0.489 e. The first-order valence-electron chi connectivity index (χ1n) is 7.53. The minimum atomic E-state index is -0.558. The number of likely N-dealkylation sites (N-methyl/N-ethyl adjacent to an activating group) is 1. The molecule has 7 nitrogen and oxygen atoms in total. The number of rotatable bonds is 7. The van der Waals surface area contributed by atoms with Crippen molar-refractivity contribution < 1.29 is 18.8 Å². The van der Waals surface area contributed by atoms with Crippen molar-refractivity contribution in [3.05, 3.63) is 64.0 Å². The number of non-ortho nitro benzene ring substituents is 1. The van der Waals surface area contributed by atoms with Crippen LogP contribution in [0.5, 0.6) is 5.75 Å². The van der Waals surface area contributed by atoms with Gasteiger partial charge in [0.05, 0.1) is 17.0 Å². The van der Waals surface area contributed by atoms with Crippen LogP contribution >= 0.6 is 0 Å². The molecule has 0 atom stereocenters. The standard InChI is InChI=1S/C17H18FN3O4/c1-19-15-8-7-12(21(23)24)11-13(15)17(22)20(2)9-10-25-16-6-4-3-5-14(16)18/h3-8,11,19H,9-10H2,1-2H3. The number of carbonyl (C=O) groups is 1. The number of carbonyl (C=O) groups excluding carboxylic acids is 1. The van der Waals surface area contributed by atoms with Gasteiger partial charge in [-0.05, 0) is 18.2 Å². The smallest absolute Gasteiger partial charge is 0.270 e. The number of benzene rings is 2. The fourth-order valence-corrected chi connectivity index (χ4v) is 2.20. The molecule has 1 N–H and O–H groups in total. The maximum Gasteiger partial charge on any atom is 0.270 e. The molecule has 0 heterocycles. The summed E-state index contributed by atoms with van der Waals surface area (Å²) in [6.07, 6.45) is 0. The van der Waals surface area contributed by atoms with E-state index in [9.17, 15) is 19.3 Å². The van der Waals surface area contributed by atoms with Crippen molar-refractivity contribution >= 4 is 17.3 Å². The third-order valence-corrected chi connectivity index (χ3v) is 3.58.